The van der Waals surface area contributed by atoms with Crippen LogP contribution in [0, 0.1) is 17.1 Å². The van der Waals surface area contributed by atoms with E-state index in [9.17, 15) is 33.9 Å². The van der Waals surface area contributed by atoms with Gasteiger partial charge in [0.1, 0.15) is 18.3 Å². The van der Waals surface area contributed by atoms with Gasteiger partial charge in [-0.1, -0.05) is 0 Å². The number of nitrogens with zero attached hydrogens (tertiary/aromatic N) is 1. The molecule has 1 fully saturated rings. The van der Waals surface area contributed by atoms with Gasteiger partial charge in [0.25, 0.3) is 21.2 Å². The SMILES string of the molecule is C#CCCOP(=O)([O-])OP(=O)([O-])OC[C@H]1O[C@@H](n2ccc(=O)[nH]c2=S)[C@H](O)[C@@H]1O. The first-order valence-electron chi connectivity index (χ1n) is 7.85. The monoisotopic (exact) mass is 470 g/mol. The minimum atomic E-state index is -5.42. The fourth-order valence-electron chi connectivity index (χ4n) is 2.28. The summed E-state index contributed by atoms with van der Waals surface area (Å²) in [6, 6.07) is 1.09. The predicted octanol–water partition coefficient (Wildman–Crippen LogP) is -1.47. The molecule has 1 aromatic heterocycles. The van der Waals surface area contributed by atoms with Gasteiger partial charge in [-0.3, -0.25) is 23.5 Å². The van der Waals surface area contributed by atoms with Crippen LogP contribution in [0.15, 0.2) is 17.1 Å². The zero-order valence-electron chi connectivity index (χ0n) is 14.5. The minimum absolute atomic E-state index is 0.103. The molecule has 6 atom stereocenters. The fourth-order valence-corrected chi connectivity index (χ4v) is 4.54. The van der Waals surface area contributed by atoms with Crippen LogP contribution in [0.1, 0.15) is 12.6 Å². The molecule has 13 nitrogen and oxygen atoms in total. The molecule has 0 aliphatic carbocycles. The van der Waals surface area contributed by atoms with E-state index in [1.54, 1.807) is 0 Å². The van der Waals surface area contributed by atoms with E-state index in [2.05, 4.69) is 24.3 Å². The lowest BCUT2D eigenvalue weighted by Crippen LogP contribution is -2.34. The molecule has 0 spiro atoms. The average Bonchev–Trinajstić information content (AvgIpc) is 2.87. The molecule has 2 rings (SSSR count). The Morgan fingerprint density at radius 1 is 1.31 bits per heavy atom. The maximum Gasteiger partial charge on any atom is 0.274 e. The Morgan fingerprint density at radius 2 is 1.97 bits per heavy atom. The lowest BCUT2D eigenvalue weighted by Gasteiger charge is -2.31. The van der Waals surface area contributed by atoms with E-state index < -0.39 is 59.0 Å². The normalized spacial score (nSPS) is 28.4. The fraction of sp³-hybridized carbons (Fsp3) is 0.538. The molecule has 1 aliphatic heterocycles. The summed E-state index contributed by atoms with van der Waals surface area (Å²) in [7, 11) is -10.7. The Hall–Kier alpha value is -1.20. The van der Waals surface area contributed by atoms with Gasteiger partial charge in [0.05, 0.1) is 13.2 Å². The molecule has 2 unspecified atom stereocenters. The third-order valence-electron chi connectivity index (χ3n) is 3.56. The lowest BCUT2D eigenvalue weighted by atomic mass is 10.1. The van der Waals surface area contributed by atoms with Gasteiger partial charge in [0.2, 0.25) is 0 Å². The van der Waals surface area contributed by atoms with Crippen molar-refractivity contribution in [3.05, 3.63) is 27.4 Å². The second-order valence-corrected chi connectivity index (χ2v) is 8.97. The number of aromatic amines is 1. The molecular formula is C13H16N2O11P2S-2. The second-order valence-electron chi connectivity index (χ2n) is 5.62. The smallest absolute Gasteiger partial charge is 0.274 e. The number of ether oxygens (including phenoxy) is 1. The van der Waals surface area contributed by atoms with Gasteiger partial charge in [0.15, 0.2) is 11.0 Å². The largest absolute Gasteiger partial charge is 0.756 e. The number of aliphatic hydroxyl groups excluding tert-OH is 2. The van der Waals surface area contributed by atoms with Crippen molar-refractivity contribution in [3.8, 4) is 12.3 Å². The lowest BCUT2D eigenvalue weighted by molar-refractivity contribution is -0.245. The number of hydrogen-bond donors (Lipinski definition) is 3. The third-order valence-corrected chi connectivity index (χ3v) is 6.43. The minimum Gasteiger partial charge on any atom is -0.756 e. The van der Waals surface area contributed by atoms with Crippen molar-refractivity contribution in [2.75, 3.05) is 13.2 Å². The topological polar surface area (TPSA) is 195 Å². The van der Waals surface area contributed by atoms with Gasteiger partial charge in [-0.15, -0.1) is 12.3 Å². The summed E-state index contributed by atoms with van der Waals surface area (Å²) in [4.78, 5) is 36.6. The molecule has 3 N–H and O–H groups in total. The van der Waals surface area contributed by atoms with Crippen molar-refractivity contribution in [3.63, 3.8) is 0 Å². The van der Waals surface area contributed by atoms with E-state index in [0.29, 0.717) is 0 Å². The van der Waals surface area contributed by atoms with Crippen LogP contribution in [0.3, 0.4) is 0 Å². The average molecular weight is 470 g/mol. The van der Waals surface area contributed by atoms with Crippen LogP contribution in [0.4, 0.5) is 0 Å². The van der Waals surface area contributed by atoms with Crippen molar-refractivity contribution in [2.24, 2.45) is 0 Å². The van der Waals surface area contributed by atoms with Crippen LogP contribution < -0.4 is 15.3 Å². The number of aromatic nitrogens is 2. The van der Waals surface area contributed by atoms with Crippen molar-refractivity contribution >= 4 is 27.9 Å². The Labute approximate surface area is 169 Å². The highest BCUT2D eigenvalue weighted by atomic mass is 32.1. The molecule has 0 amide bonds. The highest BCUT2D eigenvalue weighted by molar-refractivity contribution is 7.71. The van der Waals surface area contributed by atoms with Crippen molar-refractivity contribution < 1.29 is 47.2 Å². The molecule has 2 heterocycles. The van der Waals surface area contributed by atoms with Crippen molar-refractivity contribution in [1.82, 2.24) is 9.55 Å². The first-order chi connectivity index (χ1) is 13.5. The molecule has 0 aromatic carbocycles. The number of terminal acetylenes is 1. The molecule has 29 heavy (non-hydrogen) atoms. The van der Waals surface area contributed by atoms with E-state index >= 15 is 0 Å². The Kier molecular flexibility index (Phi) is 8.08. The molecule has 162 valence electrons. The second kappa shape index (κ2) is 9.74. The van der Waals surface area contributed by atoms with Crippen LogP contribution in [-0.4, -0.2) is 51.3 Å². The van der Waals surface area contributed by atoms with Gasteiger partial charge in [-0.25, -0.2) is 4.31 Å². The number of nitrogens with one attached hydrogen (secondary N) is 1. The number of hydrogen-bond acceptors (Lipinski definition) is 12. The Bertz CT molecular complexity index is 972. The van der Waals surface area contributed by atoms with Gasteiger partial charge >= 0.3 is 0 Å². The standard InChI is InChI=1S/C13H18N2O11P2S/c1-2-3-6-23-27(19,20)26-28(21,22)24-7-8-10(17)11(18)12(25-8)15-5-4-9(16)14-13(15)29/h1,4-5,8,10-12,17-18H,3,6-7H2,(H,19,20)(H,21,22)(H,14,16,29)/p-2/t8-,10-,11-,12-/m1/s1. The van der Waals surface area contributed by atoms with E-state index in [0.717, 1.165) is 10.6 Å². The van der Waals surface area contributed by atoms with Crippen LogP contribution in [0.2, 0.25) is 0 Å². The van der Waals surface area contributed by atoms with Crippen LogP contribution in [-0.2, 0) is 27.2 Å². The number of rotatable bonds is 9. The van der Waals surface area contributed by atoms with E-state index in [-0.39, 0.29) is 11.2 Å². The zero-order chi connectivity index (χ0) is 21.8. The maximum atomic E-state index is 11.7. The third kappa shape index (κ3) is 6.65. The summed E-state index contributed by atoms with van der Waals surface area (Å²) in [6.45, 7) is -1.38. The van der Waals surface area contributed by atoms with Crippen molar-refractivity contribution in [2.45, 2.75) is 31.0 Å². The summed E-state index contributed by atoms with van der Waals surface area (Å²) in [5, 5.41) is 20.2. The van der Waals surface area contributed by atoms with Crippen LogP contribution in [0.5, 0.6) is 0 Å². The predicted molar refractivity (Wildman–Crippen MR) is 93.5 cm³/mol. The van der Waals surface area contributed by atoms with Crippen LogP contribution >= 0.6 is 27.9 Å². The summed E-state index contributed by atoms with van der Waals surface area (Å²) in [5.41, 5.74) is -0.505. The quantitative estimate of drug-likeness (QED) is 0.164. The number of phosphoric ester groups is 2. The molecule has 16 heteroatoms. The van der Waals surface area contributed by atoms with Crippen LogP contribution in [0.25, 0.3) is 0 Å². The summed E-state index contributed by atoms with van der Waals surface area (Å²) < 4.78 is 42.0. The highest BCUT2D eigenvalue weighted by Crippen LogP contribution is 2.55. The maximum absolute atomic E-state index is 11.7. The number of H-pyrrole nitrogens is 1. The van der Waals surface area contributed by atoms with E-state index in [4.69, 9.17) is 23.4 Å². The molecule has 1 saturated heterocycles. The Morgan fingerprint density at radius 3 is 2.59 bits per heavy atom. The highest BCUT2D eigenvalue weighted by Gasteiger charge is 2.44. The summed E-state index contributed by atoms with van der Waals surface area (Å²) in [5.74, 6) is 2.08. The number of phosphoric acid groups is 2. The van der Waals surface area contributed by atoms with E-state index in [1.165, 1.54) is 6.20 Å². The molecule has 1 aliphatic rings. The van der Waals surface area contributed by atoms with Gasteiger partial charge in [-0.2, -0.15) is 0 Å². The first kappa shape index (κ1) is 24.1. The number of aliphatic hydroxyl groups is 2. The van der Waals surface area contributed by atoms with Gasteiger partial charge in [0, 0.05) is 18.7 Å². The first-order valence-corrected chi connectivity index (χ1v) is 11.2. The van der Waals surface area contributed by atoms with Crippen molar-refractivity contribution in [1.29, 1.82) is 0 Å². The van der Waals surface area contributed by atoms with Gasteiger partial charge < -0.3 is 33.8 Å². The molecular weight excluding hydrogens is 454 g/mol. The van der Waals surface area contributed by atoms with E-state index in [1.807, 2.05) is 0 Å². The molecule has 0 radical (unpaired) electrons. The van der Waals surface area contributed by atoms with Gasteiger partial charge in [-0.05, 0) is 12.2 Å². The molecule has 0 saturated carbocycles. The zero-order valence-corrected chi connectivity index (χ0v) is 17.1. The molecule has 0 bridgehead atoms. The summed E-state index contributed by atoms with van der Waals surface area (Å²) >= 11 is 4.93. The molecule has 1 aromatic rings. The summed E-state index contributed by atoms with van der Waals surface area (Å²) in [6.07, 6.45) is 0.149. The Balaban J connectivity index is 2.00.